The van der Waals surface area contributed by atoms with Gasteiger partial charge in [0.05, 0.1) is 0 Å². The summed E-state index contributed by atoms with van der Waals surface area (Å²) in [6.07, 6.45) is -1.33. The van der Waals surface area contributed by atoms with Crippen LogP contribution in [0, 0.1) is 0 Å². The van der Waals surface area contributed by atoms with Gasteiger partial charge >= 0.3 is 29.6 Å². The van der Waals surface area contributed by atoms with Crippen molar-refractivity contribution < 1.29 is 54.4 Å². The molecule has 6 heteroatoms. The quantitative estimate of drug-likeness (QED) is 0.394. The Hall–Kier alpha value is -0.0700. The zero-order valence-corrected chi connectivity index (χ0v) is 8.56. The molecule has 1 heterocycles. The van der Waals surface area contributed by atoms with Gasteiger partial charge in [-0.15, -0.1) is 0 Å². The number of carboxylic acids is 1. The minimum absolute atomic E-state index is 0. The number of ether oxygens (including phenoxy) is 1. The van der Waals surface area contributed by atoms with E-state index < -0.39 is 23.9 Å². The summed E-state index contributed by atoms with van der Waals surface area (Å²) in [5, 5.41) is 27.9. The van der Waals surface area contributed by atoms with Crippen molar-refractivity contribution in [1.29, 1.82) is 0 Å². The number of hydrogen-bond acceptors (Lipinski definition) is 5. The Morgan fingerprint density at radius 1 is 1.67 bits per heavy atom. The van der Waals surface area contributed by atoms with E-state index in [2.05, 4.69) is 4.74 Å². The number of hydrogen-bond donors (Lipinski definition) is 2. The molecule has 2 unspecified atom stereocenters. The van der Waals surface area contributed by atoms with Crippen LogP contribution in [0.4, 0.5) is 0 Å². The molecule has 0 amide bonds. The summed E-state index contributed by atoms with van der Waals surface area (Å²) < 4.78 is 4.51. The number of aliphatic hydroxyl groups excluding tert-OH is 2. The average molecular weight is 182 g/mol. The van der Waals surface area contributed by atoms with Gasteiger partial charge in [-0.3, -0.25) is 0 Å². The maximum Gasteiger partial charge on any atom is 1.00 e. The summed E-state index contributed by atoms with van der Waals surface area (Å²) >= 11 is 0. The van der Waals surface area contributed by atoms with E-state index in [-0.39, 0.29) is 36.2 Å². The van der Waals surface area contributed by atoms with Crippen LogP contribution in [-0.4, -0.2) is 35.0 Å². The van der Waals surface area contributed by atoms with Gasteiger partial charge in [0, 0.05) is 0 Å². The van der Waals surface area contributed by atoms with Gasteiger partial charge in [-0.1, -0.05) is 0 Å². The van der Waals surface area contributed by atoms with Crippen molar-refractivity contribution in [2.45, 2.75) is 12.2 Å². The van der Waals surface area contributed by atoms with E-state index in [9.17, 15) is 9.90 Å². The number of carbonyl (C=O) groups is 1. The van der Waals surface area contributed by atoms with Crippen LogP contribution >= 0.6 is 0 Å². The van der Waals surface area contributed by atoms with Gasteiger partial charge in [0.2, 0.25) is 0 Å². The molecule has 0 aromatic rings. The fraction of sp³-hybridized carbons (Fsp3) is 0.500. The minimum Gasteiger partial charge on any atom is -0.542 e. The molecule has 5 nitrogen and oxygen atoms in total. The summed E-state index contributed by atoms with van der Waals surface area (Å²) in [4.78, 5) is 10.1. The van der Waals surface area contributed by atoms with Crippen LogP contribution < -0.4 is 34.7 Å². The molecule has 0 aliphatic carbocycles. The second kappa shape index (κ2) is 4.84. The Labute approximate surface area is 90.9 Å². The van der Waals surface area contributed by atoms with E-state index in [1.54, 1.807) is 0 Å². The first kappa shape index (κ1) is 11.9. The van der Waals surface area contributed by atoms with E-state index in [4.69, 9.17) is 10.2 Å². The summed E-state index contributed by atoms with van der Waals surface area (Å²) in [5.74, 6) is -1.92. The first-order valence-electron chi connectivity index (χ1n) is 3.03. The molecule has 12 heavy (non-hydrogen) atoms. The molecule has 0 aromatic heterocycles. The second-order valence-corrected chi connectivity index (χ2v) is 2.19. The van der Waals surface area contributed by atoms with Gasteiger partial charge in [0.15, 0.2) is 0 Å². The van der Waals surface area contributed by atoms with Crippen LogP contribution in [0.3, 0.4) is 0 Å². The van der Waals surface area contributed by atoms with Crippen molar-refractivity contribution in [1.82, 2.24) is 0 Å². The Balaban J connectivity index is 0.00000121. The predicted octanol–water partition coefficient (Wildman–Crippen LogP) is -5.62. The van der Waals surface area contributed by atoms with Crippen molar-refractivity contribution in [2.24, 2.45) is 0 Å². The second-order valence-electron chi connectivity index (χ2n) is 2.19. The number of aliphatic hydroxyl groups is 2. The Kier molecular flexibility index (Phi) is 4.81. The summed E-state index contributed by atoms with van der Waals surface area (Å²) in [6.45, 7) is -0.221. The fourth-order valence-corrected chi connectivity index (χ4v) is 0.715. The number of carbonyl (C=O) groups excluding carboxylic acids is 1. The Morgan fingerprint density at radius 3 is 2.67 bits per heavy atom. The molecular weight excluding hydrogens is 175 g/mol. The van der Waals surface area contributed by atoms with Gasteiger partial charge in [-0.2, -0.15) is 0 Å². The van der Waals surface area contributed by atoms with Crippen LogP contribution in [0.25, 0.3) is 0 Å². The normalized spacial score (nSPS) is 28.0. The van der Waals surface area contributed by atoms with Crippen molar-refractivity contribution in [3.63, 3.8) is 0 Å². The first-order chi connectivity index (χ1) is 5.11. The standard InChI is InChI=1S/C6H8O5.Na/c7-3-1-5(6(9)10)11-2-4(3)8;/h1,3-4,7-8H,2H2,(H,9,10);/q;+1/p-1. The third kappa shape index (κ3) is 2.76. The van der Waals surface area contributed by atoms with Crippen molar-refractivity contribution in [2.75, 3.05) is 6.61 Å². The molecule has 62 valence electrons. The molecule has 1 aliphatic rings. The van der Waals surface area contributed by atoms with Gasteiger partial charge in [-0.05, 0) is 6.08 Å². The predicted molar refractivity (Wildman–Crippen MR) is 31.1 cm³/mol. The number of carboxylic acid groups (broad SMARTS) is 1. The van der Waals surface area contributed by atoms with Gasteiger partial charge in [-0.25, -0.2) is 0 Å². The molecule has 1 rings (SSSR count). The van der Waals surface area contributed by atoms with Crippen LogP contribution in [0.15, 0.2) is 11.8 Å². The molecule has 0 aromatic carbocycles. The number of aliphatic carboxylic acids is 1. The topological polar surface area (TPSA) is 89.8 Å². The molecule has 0 saturated heterocycles. The van der Waals surface area contributed by atoms with E-state index in [0.29, 0.717) is 0 Å². The zero-order chi connectivity index (χ0) is 8.43. The molecular formula is C6H7NaO5. The average Bonchev–Trinajstić information content (AvgIpc) is 1.94. The van der Waals surface area contributed by atoms with E-state index in [1.807, 2.05) is 0 Å². The van der Waals surface area contributed by atoms with Crippen molar-refractivity contribution in [3.05, 3.63) is 11.8 Å². The Morgan fingerprint density at radius 2 is 2.25 bits per heavy atom. The molecule has 0 spiro atoms. The van der Waals surface area contributed by atoms with Gasteiger partial charge in [0.25, 0.3) is 0 Å². The number of rotatable bonds is 1. The third-order valence-corrected chi connectivity index (χ3v) is 1.33. The molecule has 0 fully saturated rings. The monoisotopic (exact) mass is 182 g/mol. The first-order valence-corrected chi connectivity index (χ1v) is 3.03. The van der Waals surface area contributed by atoms with Crippen LogP contribution in [-0.2, 0) is 9.53 Å². The van der Waals surface area contributed by atoms with E-state index in [1.165, 1.54) is 0 Å². The largest absolute Gasteiger partial charge is 1.00 e. The molecule has 1 aliphatic heterocycles. The zero-order valence-electron chi connectivity index (χ0n) is 6.56. The maximum absolute atomic E-state index is 10.1. The van der Waals surface area contributed by atoms with Gasteiger partial charge in [0.1, 0.15) is 30.5 Å². The van der Waals surface area contributed by atoms with Crippen LogP contribution in [0.1, 0.15) is 0 Å². The molecule has 0 bridgehead atoms. The summed E-state index contributed by atoms with van der Waals surface area (Å²) in [5.41, 5.74) is 0. The van der Waals surface area contributed by atoms with Crippen LogP contribution in [0.2, 0.25) is 0 Å². The van der Waals surface area contributed by atoms with E-state index in [0.717, 1.165) is 6.08 Å². The van der Waals surface area contributed by atoms with Gasteiger partial charge < -0.3 is 24.9 Å². The fourth-order valence-electron chi connectivity index (χ4n) is 0.715. The Bertz CT molecular complexity index is 202. The molecule has 0 saturated carbocycles. The molecule has 0 radical (unpaired) electrons. The molecule has 2 atom stereocenters. The maximum atomic E-state index is 10.1. The smallest absolute Gasteiger partial charge is 0.542 e. The molecule has 2 N–H and O–H groups in total. The SMILES string of the molecule is O=C([O-])C1=CC(O)C(O)CO1.[Na+]. The van der Waals surface area contributed by atoms with Crippen LogP contribution in [0.5, 0.6) is 0 Å². The summed E-state index contributed by atoms with van der Waals surface area (Å²) in [6, 6.07) is 0. The van der Waals surface area contributed by atoms with Crippen molar-refractivity contribution in [3.8, 4) is 0 Å². The minimum atomic E-state index is -1.49. The third-order valence-electron chi connectivity index (χ3n) is 1.33. The summed E-state index contributed by atoms with van der Waals surface area (Å²) in [7, 11) is 0. The van der Waals surface area contributed by atoms with Crippen molar-refractivity contribution >= 4 is 5.97 Å². The van der Waals surface area contributed by atoms with E-state index >= 15 is 0 Å².